The molecule has 6 heteroatoms. The van der Waals surface area contributed by atoms with Gasteiger partial charge in [-0.2, -0.15) is 11.8 Å². The topological polar surface area (TPSA) is 58.0 Å². The van der Waals surface area contributed by atoms with Gasteiger partial charge in [0.2, 0.25) is 0 Å². The predicted octanol–water partition coefficient (Wildman–Crippen LogP) is 1.66. The Bertz CT molecular complexity index is 288. The molecule has 0 amide bonds. The first-order chi connectivity index (χ1) is 7.34. The first-order valence-electron chi connectivity index (χ1n) is 4.73. The van der Waals surface area contributed by atoms with Crippen LogP contribution in [0.25, 0.3) is 0 Å². The minimum absolute atomic E-state index is 0.260. The van der Waals surface area contributed by atoms with Crippen LogP contribution in [0, 0.1) is 0 Å². The van der Waals surface area contributed by atoms with E-state index in [0.717, 1.165) is 24.5 Å². The van der Waals surface area contributed by atoms with E-state index in [1.165, 1.54) is 0 Å². The van der Waals surface area contributed by atoms with Crippen molar-refractivity contribution in [1.29, 1.82) is 0 Å². The summed E-state index contributed by atoms with van der Waals surface area (Å²) in [6.07, 6.45) is 4.01. The van der Waals surface area contributed by atoms with Gasteiger partial charge in [-0.1, -0.05) is 11.6 Å². The van der Waals surface area contributed by atoms with Crippen molar-refractivity contribution in [3.8, 4) is 0 Å². The number of thioether (sulfide) groups is 1. The van der Waals surface area contributed by atoms with Crippen molar-refractivity contribution in [1.82, 2.24) is 9.97 Å². The summed E-state index contributed by atoms with van der Waals surface area (Å²) in [7, 11) is 0. The number of aliphatic hydroxyl groups is 1. The molecule has 0 aliphatic carbocycles. The molecule has 4 nitrogen and oxygen atoms in total. The zero-order chi connectivity index (χ0) is 10.9. The van der Waals surface area contributed by atoms with E-state index >= 15 is 0 Å². The van der Waals surface area contributed by atoms with E-state index in [-0.39, 0.29) is 6.61 Å². The van der Waals surface area contributed by atoms with E-state index in [9.17, 15) is 0 Å². The number of aliphatic hydroxyl groups excluding tert-OH is 1. The van der Waals surface area contributed by atoms with Crippen LogP contribution in [0.2, 0.25) is 5.15 Å². The average molecular weight is 248 g/mol. The summed E-state index contributed by atoms with van der Waals surface area (Å²) >= 11 is 7.60. The summed E-state index contributed by atoms with van der Waals surface area (Å²) in [6, 6.07) is 0. The summed E-state index contributed by atoms with van der Waals surface area (Å²) < 4.78 is 0. The Morgan fingerprint density at radius 3 is 2.87 bits per heavy atom. The van der Waals surface area contributed by atoms with Crippen molar-refractivity contribution in [3.63, 3.8) is 0 Å². The van der Waals surface area contributed by atoms with Crippen LogP contribution in [-0.2, 0) is 0 Å². The minimum Gasteiger partial charge on any atom is -0.396 e. The number of hydrogen-bond donors (Lipinski definition) is 2. The van der Waals surface area contributed by atoms with Gasteiger partial charge in [0.1, 0.15) is 0 Å². The van der Waals surface area contributed by atoms with Crippen LogP contribution in [0.5, 0.6) is 0 Å². The summed E-state index contributed by atoms with van der Waals surface area (Å²) in [5.74, 6) is 2.57. The van der Waals surface area contributed by atoms with Crippen molar-refractivity contribution in [3.05, 3.63) is 17.5 Å². The third-order valence-electron chi connectivity index (χ3n) is 1.64. The second-order valence-electron chi connectivity index (χ2n) is 2.81. The Labute approximate surface area is 98.5 Å². The standard InChI is InChI=1S/C9H14ClN3OS/c10-8-9(12-3-2-11-8)13-4-7-15-6-1-5-14/h2-3,14H,1,4-7H2,(H,12,13). The third kappa shape index (κ3) is 5.20. The number of nitrogens with zero attached hydrogens (tertiary/aromatic N) is 2. The van der Waals surface area contributed by atoms with Crippen molar-refractivity contribution in [2.45, 2.75) is 6.42 Å². The second-order valence-corrected chi connectivity index (χ2v) is 4.39. The minimum atomic E-state index is 0.260. The highest BCUT2D eigenvalue weighted by atomic mass is 35.5. The lowest BCUT2D eigenvalue weighted by Crippen LogP contribution is -2.07. The largest absolute Gasteiger partial charge is 0.396 e. The summed E-state index contributed by atoms with van der Waals surface area (Å²) in [6.45, 7) is 1.06. The monoisotopic (exact) mass is 247 g/mol. The first-order valence-corrected chi connectivity index (χ1v) is 6.27. The fourth-order valence-corrected chi connectivity index (χ4v) is 1.91. The van der Waals surface area contributed by atoms with Gasteiger partial charge >= 0.3 is 0 Å². The molecule has 15 heavy (non-hydrogen) atoms. The van der Waals surface area contributed by atoms with Gasteiger partial charge in [0.15, 0.2) is 11.0 Å². The highest BCUT2D eigenvalue weighted by Gasteiger charge is 1.99. The third-order valence-corrected chi connectivity index (χ3v) is 2.99. The molecule has 0 unspecified atom stereocenters. The van der Waals surface area contributed by atoms with E-state index in [1.54, 1.807) is 24.2 Å². The van der Waals surface area contributed by atoms with Gasteiger partial charge in [-0.3, -0.25) is 0 Å². The molecule has 0 fully saturated rings. The molecule has 0 spiro atoms. The zero-order valence-corrected chi connectivity index (χ0v) is 9.89. The van der Waals surface area contributed by atoms with Crippen molar-refractivity contribution < 1.29 is 5.11 Å². The van der Waals surface area contributed by atoms with Crippen LogP contribution < -0.4 is 5.32 Å². The Balaban J connectivity index is 2.12. The van der Waals surface area contributed by atoms with Gasteiger partial charge in [0.05, 0.1) is 0 Å². The molecule has 0 saturated heterocycles. The molecule has 1 rings (SSSR count). The molecular formula is C9H14ClN3OS. The Morgan fingerprint density at radius 1 is 1.33 bits per heavy atom. The molecule has 0 atom stereocenters. The van der Waals surface area contributed by atoms with Crippen LogP contribution in [0.4, 0.5) is 5.82 Å². The maximum absolute atomic E-state index is 8.57. The van der Waals surface area contributed by atoms with E-state index in [1.807, 2.05) is 0 Å². The fraction of sp³-hybridized carbons (Fsp3) is 0.556. The highest BCUT2D eigenvalue weighted by molar-refractivity contribution is 7.99. The molecule has 0 aliphatic rings. The summed E-state index contributed by atoms with van der Waals surface area (Å²) in [5.41, 5.74) is 0. The molecule has 1 heterocycles. The molecule has 84 valence electrons. The first kappa shape index (κ1) is 12.5. The van der Waals surface area contributed by atoms with E-state index in [0.29, 0.717) is 11.0 Å². The maximum Gasteiger partial charge on any atom is 0.171 e. The van der Waals surface area contributed by atoms with E-state index in [4.69, 9.17) is 16.7 Å². The molecule has 0 aromatic carbocycles. The number of anilines is 1. The normalized spacial score (nSPS) is 10.3. The van der Waals surface area contributed by atoms with Crippen LogP contribution >= 0.6 is 23.4 Å². The number of hydrogen-bond acceptors (Lipinski definition) is 5. The molecule has 0 saturated carbocycles. The molecule has 1 aromatic rings. The summed E-state index contributed by atoms with van der Waals surface area (Å²) in [4.78, 5) is 7.97. The molecular weight excluding hydrogens is 234 g/mol. The lowest BCUT2D eigenvalue weighted by Gasteiger charge is -2.05. The molecule has 0 aliphatic heterocycles. The molecule has 2 N–H and O–H groups in total. The van der Waals surface area contributed by atoms with Crippen LogP contribution in [0.3, 0.4) is 0 Å². The fourth-order valence-electron chi connectivity index (χ4n) is 0.950. The molecule has 0 bridgehead atoms. The van der Waals surface area contributed by atoms with Gasteiger partial charge in [0, 0.05) is 31.3 Å². The van der Waals surface area contributed by atoms with Crippen molar-refractivity contribution >= 4 is 29.2 Å². The second kappa shape index (κ2) is 7.73. The van der Waals surface area contributed by atoms with E-state index in [2.05, 4.69) is 15.3 Å². The van der Waals surface area contributed by atoms with Gasteiger partial charge in [-0.05, 0) is 12.2 Å². The smallest absolute Gasteiger partial charge is 0.171 e. The van der Waals surface area contributed by atoms with Gasteiger partial charge in [-0.25, -0.2) is 9.97 Å². The Morgan fingerprint density at radius 2 is 2.13 bits per heavy atom. The molecule has 0 radical (unpaired) electrons. The van der Waals surface area contributed by atoms with Crippen molar-refractivity contribution in [2.75, 3.05) is 30.0 Å². The van der Waals surface area contributed by atoms with Crippen molar-refractivity contribution in [2.24, 2.45) is 0 Å². The quantitative estimate of drug-likeness (QED) is 0.718. The predicted molar refractivity (Wildman–Crippen MR) is 64.6 cm³/mol. The van der Waals surface area contributed by atoms with Crippen LogP contribution in [-0.4, -0.2) is 39.7 Å². The number of rotatable bonds is 7. The van der Waals surface area contributed by atoms with E-state index < -0.39 is 0 Å². The number of aromatic nitrogens is 2. The SMILES string of the molecule is OCCCSCCNc1nccnc1Cl. The number of halogens is 1. The lowest BCUT2D eigenvalue weighted by molar-refractivity contribution is 0.296. The van der Waals surface area contributed by atoms with Crippen LogP contribution in [0.15, 0.2) is 12.4 Å². The average Bonchev–Trinajstić information content (AvgIpc) is 2.25. The zero-order valence-electron chi connectivity index (χ0n) is 8.32. The molecule has 1 aromatic heterocycles. The lowest BCUT2D eigenvalue weighted by atomic mass is 10.5. The van der Waals surface area contributed by atoms with Gasteiger partial charge in [0.25, 0.3) is 0 Å². The van der Waals surface area contributed by atoms with Gasteiger partial charge < -0.3 is 10.4 Å². The van der Waals surface area contributed by atoms with Crippen LogP contribution in [0.1, 0.15) is 6.42 Å². The summed E-state index contributed by atoms with van der Waals surface area (Å²) in [5, 5.41) is 12.1. The van der Waals surface area contributed by atoms with Gasteiger partial charge in [-0.15, -0.1) is 0 Å². The highest BCUT2D eigenvalue weighted by Crippen LogP contribution is 2.13. The Kier molecular flexibility index (Phi) is 6.47. The Hall–Kier alpha value is -0.520. The number of nitrogens with one attached hydrogen (secondary N) is 1. The maximum atomic E-state index is 8.57.